The fraction of sp³-hybridized carbons (Fsp3) is 0.714. The van der Waals surface area contributed by atoms with E-state index in [2.05, 4.69) is 29.6 Å². The van der Waals surface area contributed by atoms with Crippen molar-refractivity contribution >= 4 is 0 Å². The average molecular weight is 203 g/mol. The van der Waals surface area contributed by atoms with Crippen LogP contribution in [0.4, 0.5) is 0 Å². The maximum atomic E-state index is 3.58. The van der Waals surface area contributed by atoms with Gasteiger partial charge in [0.25, 0.3) is 0 Å². The molecule has 1 N–H and O–H groups in total. The second-order valence-corrected chi connectivity index (χ2v) is 5.34. The fourth-order valence-electron chi connectivity index (χ4n) is 3.47. The van der Waals surface area contributed by atoms with Gasteiger partial charge in [-0.25, -0.2) is 0 Å². The summed E-state index contributed by atoms with van der Waals surface area (Å²) < 4.78 is 0. The lowest BCUT2D eigenvalue weighted by Gasteiger charge is -2.31. The van der Waals surface area contributed by atoms with Crippen LogP contribution in [0.5, 0.6) is 0 Å². The third kappa shape index (κ3) is 1.90. The molecule has 4 atom stereocenters. The summed E-state index contributed by atoms with van der Waals surface area (Å²) in [5.74, 6) is 2.61. The van der Waals surface area contributed by atoms with Crippen LogP contribution in [0.3, 0.4) is 0 Å². The van der Waals surface area contributed by atoms with Gasteiger partial charge in [0.1, 0.15) is 0 Å². The summed E-state index contributed by atoms with van der Waals surface area (Å²) in [6, 6.07) is 0.703. The van der Waals surface area contributed by atoms with Gasteiger partial charge in [0.05, 0.1) is 0 Å². The molecule has 3 aliphatic rings. The summed E-state index contributed by atoms with van der Waals surface area (Å²) in [6.07, 6.45) is 16.7. The highest BCUT2D eigenvalue weighted by atomic mass is 14.9. The van der Waals surface area contributed by atoms with E-state index in [1.165, 1.54) is 38.6 Å². The summed E-state index contributed by atoms with van der Waals surface area (Å²) in [4.78, 5) is 0. The van der Waals surface area contributed by atoms with Crippen LogP contribution in [-0.2, 0) is 0 Å². The number of hydrogen-bond donors (Lipinski definition) is 1. The standard InChI is InChI=1S/C14H21N/c1-2-4-11(5-3-1)12-6-7-14-13(10-12)8-9-15-14/h2,4,6-7,11-15H,1,3,5,8-10H2. The van der Waals surface area contributed by atoms with Crippen molar-refractivity contribution in [2.45, 2.75) is 38.1 Å². The Morgan fingerprint density at radius 3 is 2.87 bits per heavy atom. The molecule has 0 aromatic carbocycles. The van der Waals surface area contributed by atoms with E-state index < -0.39 is 0 Å². The molecule has 1 heterocycles. The Labute approximate surface area is 92.6 Å². The molecule has 1 heteroatoms. The second kappa shape index (κ2) is 4.13. The lowest BCUT2D eigenvalue weighted by Crippen LogP contribution is -2.30. The van der Waals surface area contributed by atoms with Crippen LogP contribution in [0.2, 0.25) is 0 Å². The monoisotopic (exact) mass is 203 g/mol. The zero-order chi connectivity index (χ0) is 10.1. The molecule has 0 amide bonds. The van der Waals surface area contributed by atoms with Crippen LogP contribution in [-0.4, -0.2) is 12.6 Å². The summed E-state index contributed by atoms with van der Waals surface area (Å²) in [6.45, 7) is 1.23. The smallest absolute Gasteiger partial charge is 0.0279 e. The SMILES string of the molecule is C1=CC(C2C=CC3NCCC3C2)CCC1. The quantitative estimate of drug-likeness (QED) is 0.646. The molecule has 0 radical (unpaired) electrons. The maximum Gasteiger partial charge on any atom is 0.0279 e. The minimum absolute atomic E-state index is 0.703. The van der Waals surface area contributed by atoms with Crippen molar-refractivity contribution in [2.24, 2.45) is 17.8 Å². The van der Waals surface area contributed by atoms with Gasteiger partial charge in [-0.15, -0.1) is 0 Å². The van der Waals surface area contributed by atoms with E-state index in [0.717, 1.165) is 17.8 Å². The number of rotatable bonds is 1. The first-order chi connectivity index (χ1) is 7.43. The third-order valence-electron chi connectivity index (χ3n) is 4.39. The maximum absolute atomic E-state index is 3.58. The molecule has 1 fully saturated rings. The summed E-state index contributed by atoms with van der Waals surface area (Å²) in [5, 5.41) is 3.58. The highest BCUT2D eigenvalue weighted by molar-refractivity contribution is 5.11. The summed E-state index contributed by atoms with van der Waals surface area (Å²) in [5.41, 5.74) is 0. The van der Waals surface area contributed by atoms with Gasteiger partial charge in [-0.05, 0) is 56.4 Å². The zero-order valence-corrected chi connectivity index (χ0v) is 9.36. The number of nitrogens with one attached hydrogen (secondary N) is 1. The highest BCUT2D eigenvalue weighted by Crippen LogP contribution is 2.37. The molecule has 1 nitrogen and oxygen atoms in total. The molecule has 4 unspecified atom stereocenters. The first kappa shape index (κ1) is 9.65. The van der Waals surface area contributed by atoms with E-state index in [1.54, 1.807) is 0 Å². The molecular weight excluding hydrogens is 182 g/mol. The van der Waals surface area contributed by atoms with Gasteiger partial charge in [0.2, 0.25) is 0 Å². The molecule has 0 bridgehead atoms. The molecule has 0 aromatic rings. The van der Waals surface area contributed by atoms with Crippen molar-refractivity contribution in [1.29, 1.82) is 0 Å². The Hall–Kier alpha value is -0.560. The number of allylic oxidation sites excluding steroid dienone is 3. The van der Waals surface area contributed by atoms with Crippen molar-refractivity contribution in [3.8, 4) is 0 Å². The lowest BCUT2D eigenvalue weighted by molar-refractivity contribution is 0.312. The summed E-state index contributed by atoms with van der Waals surface area (Å²) in [7, 11) is 0. The molecule has 82 valence electrons. The molecule has 0 saturated carbocycles. The van der Waals surface area contributed by atoms with Crippen LogP contribution in [0.25, 0.3) is 0 Å². The Morgan fingerprint density at radius 1 is 1.00 bits per heavy atom. The zero-order valence-electron chi connectivity index (χ0n) is 9.36. The van der Waals surface area contributed by atoms with Crippen LogP contribution in [0.15, 0.2) is 24.3 Å². The number of hydrogen-bond acceptors (Lipinski definition) is 1. The molecule has 3 rings (SSSR count). The van der Waals surface area contributed by atoms with Crippen molar-refractivity contribution in [3.05, 3.63) is 24.3 Å². The molecule has 0 spiro atoms. The molecule has 2 aliphatic carbocycles. The first-order valence-electron chi connectivity index (χ1n) is 6.52. The van der Waals surface area contributed by atoms with Crippen molar-refractivity contribution in [1.82, 2.24) is 5.32 Å². The van der Waals surface area contributed by atoms with Gasteiger partial charge in [-0.1, -0.05) is 24.3 Å². The van der Waals surface area contributed by atoms with Crippen LogP contribution in [0, 0.1) is 17.8 Å². The number of fused-ring (bicyclic) bond motifs is 1. The highest BCUT2D eigenvalue weighted by Gasteiger charge is 2.32. The van der Waals surface area contributed by atoms with Gasteiger partial charge >= 0.3 is 0 Å². The minimum Gasteiger partial charge on any atom is -0.310 e. The van der Waals surface area contributed by atoms with Crippen LogP contribution in [0.1, 0.15) is 32.1 Å². The van der Waals surface area contributed by atoms with Gasteiger partial charge in [0, 0.05) is 6.04 Å². The minimum atomic E-state index is 0.703. The second-order valence-electron chi connectivity index (χ2n) is 5.34. The average Bonchev–Trinajstić information content (AvgIpc) is 2.77. The van der Waals surface area contributed by atoms with Gasteiger partial charge < -0.3 is 5.32 Å². The van der Waals surface area contributed by atoms with Crippen molar-refractivity contribution in [2.75, 3.05) is 6.54 Å². The van der Waals surface area contributed by atoms with Gasteiger partial charge in [-0.3, -0.25) is 0 Å². The van der Waals surface area contributed by atoms with E-state index in [4.69, 9.17) is 0 Å². The predicted molar refractivity (Wildman–Crippen MR) is 63.6 cm³/mol. The Bertz CT molecular complexity index is 279. The van der Waals surface area contributed by atoms with E-state index in [0.29, 0.717) is 6.04 Å². The van der Waals surface area contributed by atoms with Crippen molar-refractivity contribution < 1.29 is 0 Å². The third-order valence-corrected chi connectivity index (χ3v) is 4.39. The largest absolute Gasteiger partial charge is 0.310 e. The molecule has 1 saturated heterocycles. The topological polar surface area (TPSA) is 12.0 Å². The lowest BCUT2D eigenvalue weighted by atomic mass is 9.74. The normalized spacial score (nSPS) is 44.3. The van der Waals surface area contributed by atoms with Gasteiger partial charge in [0.15, 0.2) is 0 Å². The molecule has 1 aliphatic heterocycles. The van der Waals surface area contributed by atoms with E-state index >= 15 is 0 Å². The Morgan fingerprint density at radius 2 is 2.00 bits per heavy atom. The fourth-order valence-corrected chi connectivity index (χ4v) is 3.47. The van der Waals surface area contributed by atoms with E-state index in [9.17, 15) is 0 Å². The Balaban J connectivity index is 1.70. The van der Waals surface area contributed by atoms with E-state index in [1.807, 2.05) is 0 Å². The first-order valence-corrected chi connectivity index (χ1v) is 6.52. The molecular formula is C14H21N. The van der Waals surface area contributed by atoms with Crippen molar-refractivity contribution in [3.63, 3.8) is 0 Å². The molecule has 0 aromatic heterocycles. The van der Waals surface area contributed by atoms with Crippen LogP contribution >= 0.6 is 0 Å². The Kier molecular flexibility index (Phi) is 2.66. The van der Waals surface area contributed by atoms with E-state index in [-0.39, 0.29) is 0 Å². The van der Waals surface area contributed by atoms with Gasteiger partial charge in [-0.2, -0.15) is 0 Å². The van der Waals surface area contributed by atoms with Crippen LogP contribution < -0.4 is 5.32 Å². The predicted octanol–water partition coefficient (Wildman–Crippen LogP) is 2.90. The molecule has 15 heavy (non-hydrogen) atoms. The summed E-state index contributed by atoms with van der Waals surface area (Å²) >= 11 is 0.